The van der Waals surface area contributed by atoms with Gasteiger partial charge >= 0.3 is 5.97 Å². The fourth-order valence-electron chi connectivity index (χ4n) is 8.98. The lowest BCUT2D eigenvalue weighted by molar-refractivity contribution is -0.198. The van der Waals surface area contributed by atoms with Crippen molar-refractivity contribution in [2.75, 3.05) is 7.11 Å². The number of esters is 1. The minimum atomic E-state index is -2.33. The number of methoxy groups -OCH3 is 1. The molecule has 0 saturated heterocycles. The second kappa shape index (κ2) is 6.19. The molecule has 4 aliphatic carbocycles. The molecule has 4 rings (SSSR count). The highest BCUT2D eigenvalue weighted by atomic mass is 16.5. The molecule has 6 nitrogen and oxygen atoms in total. The average Bonchev–Trinajstić information content (AvgIpc) is 2.81. The smallest absolute Gasteiger partial charge is 0.324 e. The number of hydrogen-bond acceptors (Lipinski definition) is 6. The molecule has 6 heteroatoms. The Bertz CT molecular complexity index is 979. The van der Waals surface area contributed by atoms with Crippen LogP contribution in [0.5, 0.6) is 0 Å². The van der Waals surface area contributed by atoms with E-state index in [4.69, 9.17) is 4.74 Å². The van der Waals surface area contributed by atoms with Gasteiger partial charge in [-0.1, -0.05) is 41.2 Å². The van der Waals surface area contributed by atoms with Crippen molar-refractivity contribution in [1.29, 1.82) is 0 Å². The molecule has 32 heavy (non-hydrogen) atoms. The number of carbonyl (C=O) groups excluding carboxylic acids is 4. The summed E-state index contributed by atoms with van der Waals surface area (Å²) in [4.78, 5) is 53.3. The van der Waals surface area contributed by atoms with E-state index in [1.165, 1.54) is 14.0 Å². The summed E-state index contributed by atoms with van der Waals surface area (Å²) in [6.07, 6.45) is 2.66. The molecule has 0 heterocycles. The van der Waals surface area contributed by atoms with Crippen LogP contribution in [0.2, 0.25) is 0 Å². The molecule has 4 saturated carbocycles. The molecule has 0 aromatic rings. The second-order valence-corrected chi connectivity index (χ2v) is 12.1. The third-order valence-corrected chi connectivity index (χ3v) is 10.9. The third-order valence-electron chi connectivity index (χ3n) is 10.9. The largest absolute Gasteiger partial charge is 0.468 e. The van der Waals surface area contributed by atoms with E-state index in [9.17, 15) is 24.3 Å². The number of Topliss-reactive ketones (excluding diaryl/α,β-unsaturated/α-hetero) is 3. The zero-order valence-corrected chi connectivity index (χ0v) is 20.4. The van der Waals surface area contributed by atoms with E-state index in [-0.39, 0.29) is 23.0 Å². The van der Waals surface area contributed by atoms with E-state index in [1.807, 2.05) is 20.8 Å². The minimum Gasteiger partial charge on any atom is -0.468 e. The van der Waals surface area contributed by atoms with Crippen LogP contribution in [0.4, 0.5) is 0 Å². The molecule has 4 aliphatic rings. The highest BCUT2D eigenvalue weighted by Crippen LogP contribution is 2.79. The maximum absolute atomic E-state index is 14.1. The van der Waals surface area contributed by atoms with Crippen molar-refractivity contribution in [3.8, 4) is 0 Å². The second-order valence-electron chi connectivity index (χ2n) is 12.1. The summed E-state index contributed by atoms with van der Waals surface area (Å²) in [7, 11) is 1.24. The molecule has 2 bridgehead atoms. The molecule has 1 N–H and O–H groups in total. The van der Waals surface area contributed by atoms with Gasteiger partial charge in [0.15, 0.2) is 22.6 Å². The van der Waals surface area contributed by atoms with Gasteiger partial charge in [-0.3, -0.25) is 19.2 Å². The van der Waals surface area contributed by atoms with Gasteiger partial charge < -0.3 is 9.84 Å². The number of ketones is 3. The van der Waals surface area contributed by atoms with E-state index in [0.29, 0.717) is 37.7 Å². The summed E-state index contributed by atoms with van der Waals surface area (Å²) in [6.45, 7) is 15.2. The Morgan fingerprint density at radius 1 is 1.06 bits per heavy atom. The summed E-state index contributed by atoms with van der Waals surface area (Å²) < 4.78 is 5.21. The maximum Gasteiger partial charge on any atom is 0.324 e. The lowest BCUT2D eigenvalue weighted by Gasteiger charge is -2.67. The fraction of sp³-hybridized carbons (Fsp3) is 0.769. The predicted molar refractivity (Wildman–Crippen MR) is 117 cm³/mol. The molecule has 2 unspecified atom stereocenters. The van der Waals surface area contributed by atoms with E-state index in [1.54, 1.807) is 6.92 Å². The zero-order valence-electron chi connectivity index (χ0n) is 20.4. The van der Waals surface area contributed by atoms with Crippen molar-refractivity contribution in [3.63, 3.8) is 0 Å². The number of fused-ring (bicyclic) bond motifs is 6. The number of aliphatic hydroxyl groups is 1. The van der Waals surface area contributed by atoms with Gasteiger partial charge in [0.2, 0.25) is 0 Å². The van der Waals surface area contributed by atoms with Gasteiger partial charge in [0.25, 0.3) is 0 Å². The molecule has 4 fully saturated rings. The molecule has 0 amide bonds. The Labute approximate surface area is 190 Å². The number of hydrogen-bond donors (Lipinski definition) is 1. The van der Waals surface area contributed by atoms with Gasteiger partial charge in [0.1, 0.15) is 5.78 Å². The van der Waals surface area contributed by atoms with Crippen LogP contribution >= 0.6 is 0 Å². The van der Waals surface area contributed by atoms with Crippen molar-refractivity contribution in [3.05, 3.63) is 12.2 Å². The first-order valence-corrected chi connectivity index (χ1v) is 11.6. The topological polar surface area (TPSA) is 97.7 Å². The van der Waals surface area contributed by atoms with Crippen molar-refractivity contribution in [2.45, 2.75) is 79.2 Å². The van der Waals surface area contributed by atoms with Crippen LogP contribution < -0.4 is 0 Å². The lowest BCUT2D eigenvalue weighted by Crippen LogP contribution is -2.66. The van der Waals surface area contributed by atoms with E-state index >= 15 is 0 Å². The molecule has 0 radical (unpaired) electrons. The standard InChI is InChI=1S/C26H36O6/c1-14-24(7)13-17-22(5)11-10-18(28)21(3,4)16(22)9-12-23(17,6)25(14,20(30)32-8)19(29)26(24,31)15(2)27/h16-17,31H,1,9-13H2,2-8H3/t16?,17?,22-,23+,24-,25+,26+/m0/s1. The van der Waals surface area contributed by atoms with Crippen LogP contribution in [-0.2, 0) is 23.9 Å². The number of carbonyl (C=O) groups is 4. The van der Waals surface area contributed by atoms with Gasteiger partial charge in [-0.05, 0) is 60.8 Å². The van der Waals surface area contributed by atoms with E-state index in [0.717, 1.165) is 0 Å². The van der Waals surface area contributed by atoms with Crippen LogP contribution in [0, 0.1) is 38.9 Å². The first-order chi connectivity index (χ1) is 14.5. The molecule has 0 aliphatic heterocycles. The summed E-state index contributed by atoms with van der Waals surface area (Å²) in [5.41, 5.74) is -6.84. The van der Waals surface area contributed by atoms with Crippen molar-refractivity contribution < 1.29 is 29.0 Å². The Balaban J connectivity index is 2.04. The van der Waals surface area contributed by atoms with Crippen LogP contribution in [0.3, 0.4) is 0 Å². The Morgan fingerprint density at radius 2 is 1.66 bits per heavy atom. The molecule has 0 spiro atoms. The number of rotatable bonds is 2. The summed E-state index contributed by atoms with van der Waals surface area (Å²) in [6, 6.07) is 0. The lowest BCUT2D eigenvalue weighted by atomic mass is 9.35. The van der Waals surface area contributed by atoms with Crippen LogP contribution in [0.15, 0.2) is 12.2 Å². The molecular formula is C26H36O6. The summed E-state index contributed by atoms with van der Waals surface area (Å²) in [5, 5.41) is 11.7. The molecular weight excluding hydrogens is 408 g/mol. The van der Waals surface area contributed by atoms with E-state index in [2.05, 4.69) is 13.5 Å². The minimum absolute atomic E-state index is 0.0823. The maximum atomic E-state index is 14.1. The normalized spacial score (nSPS) is 49.3. The highest BCUT2D eigenvalue weighted by Gasteiger charge is 2.85. The molecule has 176 valence electrons. The first kappa shape index (κ1) is 23.3. The quantitative estimate of drug-likeness (QED) is 0.398. The van der Waals surface area contributed by atoms with E-state index < -0.39 is 44.8 Å². The Hall–Kier alpha value is -1.82. The predicted octanol–water partition coefficient (Wildman–Crippen LogP) is 3.44. The molecule has 0 aromatic carbocycles. The summed E-state index contributed by atoms with van der Waals surface area (Å²) in [5.74, 6) is -2.03. The monoisotopic (exact) mass is 444 g/mol. The highest BCUT2D eigenvalue weighted by molar-refractivity contribution is 6.24. The van der Waals surface area contributed by atoms with Gasteiger partial charge in [0, 0.05) is 17.3 Å². The van der Waals surface area contributed by atoms with Gasteiger partial charge in [0.05, 0.1) is 7.11 Å². The van der Waals surface area contributed by atoms with Crippen molar-refractivity contribution in [2.24, 2.45) is 38.9 Å². The van der Waals surface area contributed by atoms with Crippen LogP contribution in [0.1, 0.15) is 73.6 Å². The molecule has 0 aromatic heterocycles. The van der Waals surface area contributed by atoms with Crippen LogP contribution in [0.25, 0.3) is 0 Å². The van der Waals surface area contributed by atoms with Gasteiger partial charge in [-0.15, -0.1) is 0 Å². The van der Waals surface area contributed by atoms with Crippen molar-refractivity contribution >= 4 is 23.3 Å². The first-order valence-electron chi connectivity index (χ1n) is 11.6. The zero-order chi connectivity index (χ0) is 24.3. The summed E-state index contributed by atoms with van der Waals surface area (Å²) >= 11 is 0. The molecule has 7 atom stereocenters. The van der Waals surface area contributed by atoms with Crippen molar-refractivity contribution in [1.82, 2.24) is 0 Å². The fourth-order valence-corrected chi connectivity index (χ4v) is 8.98. The number of ether oxygens (including phenoxy) is 1. The van der Waals surface area contributed by atoms with Gasteiger partial charge in [-0.2, -0.15) is 0 Å². The third kappa shape index (κ3) is 2.03. The average molecular weight is 445 g/mol. The Kier molecular flexibility index (Phi) is 4.52. The SMILES string of the molecule is C=C1[C@]2(C(=O)OC)C(=O)[C@](O)(C(C)=O)[C@@]1(C)CC1[C@@]3(C)CCC(=O)C(C)(C)C3CC[C@]12C. The Morgan fingerprint density at radius 3 is 2.19 bits per heavy atom. The van der Waals surface area contributed by atoms with Gasteiger partial charge in [-0.25, -0.2) is 0 Å². The van der Waals surface area contributed by atoms with Crippen LogP contribution in [-0.4, -0.2) is 41.1 Å².